The van der Waals surface area contributed by atoms with Gasteiger partial charge in [0.05, 0.1) is 0 Å². The molecule has 0 amide bonds. The molecular formula is C10H24N2S. The quantitative estimate of drug-likeness (QED) is 0.684. The van der Waals surface area contributed by atoms with Crippen LogP contribution >= 0.6 is 11.8 Å². The molecule has 2 unspecified atom stereocenters. The first kappa shape index (κ1) is 13.3. The lowest BCUT2D eigenvalue weighted by Crippen LogP contribution is -2.40. The molecule has 2 nitrogen and oxygen atoms in total. The van der Waals surface area contributed by atoms with Gasteiger partial charge in [-0.05, 0) is 19.2 Å². The molecule has 13 heavy (non-hydrogen) atoms. The van der Waals surface area contributed by atoms with Crippen LogP contribution in [0.15, 0.2) is 0 Å². The second-order valence-electron chi connectivity index (χ2n) is 3.80. The van der Waals surface area contributed by atoms with Crippen LogP contribution in [0.5, 0.6) is 0 Å². The Hall–Kier alpha value is 0.270. The Bertz CT molecular complexity index is 119. The van der Waals surface area contributed by atoms with Gasteiger partial charge in [0.1, 0.15) is 0 Å². The highest BCUT2D eigenvalue weighted by Crippen LogP contribution is 2.06. The van der Waals surface area contributed by atoms with E-state index in [1.807, 2.05) is 11.8 Å². The van der Waals surface area contributed by atoms with Crippen molar-refractivity contribution in [2.75, 3.05) is 32.1 Å². The van der Waals surface area contributed by atoms with Crippen LogP contribution in [0.1, 0.15) is 20.3 Å². The van der Waals surface area contributed by atoms with Crippen LogP contribution in [0.25, 0.3) is 0 Å². The maximum absolute atomic E-state index is 6.05. The van der Waals surface area contributed by atoms with Gasteiger partial charge in [0, 0.05) is 24.9 Å². The zero-order valence-electron chi connectivity index (χ0n) is 9.42. The molecule has 0 aromatic carbocycles. The van der Waals surface area contributed by atoms with Crippen LogP contribution in [-0.4, -0.2) is 43.1 Å². The molecule has 0 spiro atoms. The average Bonchev–Trinajstić information content (AvgIpc) is 2.13. The van der Waals surface area contributed by atoms with Gasteiger partial charge in [0.25, 0.3) is 0 Å². The van der Waals surface area contributed by atoms with Crippen molar-refractivity contribution in [1.29, 1.82) is 0 Å². The van der Waals surface area contributed by atoms with E-state index in [-0.39, 0.29) is 0 Å². The molecule has 0 aliphatic heterocycles. The van der Waals surface area contributed by atoms with Gasteiger partial charge in [-0.2, -0.15) is 11.8 Å². The minimum Gasteiger partial charge on any atom is -0.326 e. The summed E-state index contributed by atoms with van der Waals surface area (Å²) in [5.74, 6) is 1.83. The maximum Gasteiger partial charge on any atom is 0.0193 e. The average molecular weight is 204 g/mol. The number of likely N-dealkylation sites (N-methyl/N-ethyl adjacent to an activating group) is 1. The van der Waals surface area contributed by atoms with Crippen LogP contribution in [-0.2, 0) is 0 Å². The summed E-state index contributed by atoms with van der Waals surface area (Å²) < 4.78 is 0. The molecule has 0 aromatic rings. The SMILES string of the molecule is CCC(C)C(N)CN(C)CCSC. The summed E-state index contributed by atoms with van der Waals surface area (Å²) >= 11 is 1.89. The second kappa shape index (κ2) is 7.65. The van der Waals surface area contributed by atoms with Gasteiger partial charge in [0.2, 0.25) is 0 Å². The van der Waals surface area contributed by atoms with Crippen molar-refractivity contribution < 1.29 is 0 Å². The van der Waals surface area contributed by atoms with Gasteiger partial charge in [-0.3, -0.25) is 0 Å². The van der Waals surface area contributed by atoms with Crippen molar-refractivity contribution in [3.05, 3.63) is 0 Å². The van der Waals surface area contributed by atoms with E-state index in [0.29, 0.717) is 12.0 Å². The molecular weight excluding hydrogens is 180 g/mol. The van der Waals surface area contributed by atoms with Crippen LogP contribution in [0, 0.1) is 5.92 Å². The number of nitrogens with zero attached hydrogens (tertiary/aromatic N) is 1. The normalized spacial score (nSPS) is 16.2. The van der Waals surface area contributed by atoms with Crippen LogP contribution in [0.2, 0.25) is 0 Å². The summed E-state index contributed by atoms with van der Waals surface area (Å²) in [7, 11) is 2.15. The lowest BCUT2D eigenvalue weighted by atomic mass is 10.00. The van der Waals surface area contributed by atoms with Gasteiger partial charge in [-0.25, -0.2) is 0 Å². The lowest BCUT2D eigenvalue weighted by molar-refractivity contribution is 0.286. The number of hydrogen-bond acceptors (Lipinski definition) is 3. The maximum atomic E-state index is 6.05. The summed E-state index contributed by atoms with van der Waals surface area (Å²) in [5, 5.41) is 0. The number of nitrogens with two attached hydrogens (primary N) is 1. The fraction of sp³-hybridized carbons (Fsp3) is 1.00. The van der Waals surface area contributed by atoms with E-state index in [2.05, 4.69) is 32.1 Å². The molecule has 0 fully saturated rings. The summed E-state index contributed by atoms with van der Waals surface area (Å²) in [4.78, 5) is 2.33. The predicted octanol–water partition coefficient (Wildman–Crippen LogP) is 1.65. The highest BCUT2D eigenvalue weighted by Gasteiger charge is 2.12. The van der Waals surface area contributed by atoms with Crippen LogP contribution in [0.4, 0.5) is 0 Å². The smallest absolute Gasteiger partial charge is 0.0193 e. The van der Waals surface area contributed by atoms with Gasteiger partial charge < -0.3 is 10.6 Å². The minimum absolute atomic E-state index is 0.330. The Balaban J connectivity index is 3.57. The highest BCUT2D eigenvalue weighted by atomic mass is 32.2. The van der Waals surface area contributed by atoms with Gasteiger partial charge in [-0.1, -0.05) is 20.3 Å². The molecule has 0 saturated heterocycles. The predicted molar refractivity (Wildman–Crippen MR) is 63.3 cm³/mol. The topological polar surface area (TPSA) is 29.3 Å². The first-order valence-corrected chi connectivity index (χ1v) is 6.44. The van der Waals surface area contributed by atoms with E-state index in [0.717, 1.165) is 13.1 Å². The van der Waals surface area contributed by atoms with E-state index in [1.165, 1.54) is 12.2 Å². The van der Waals surface area contributed by atoms with Crippen molar-refractivity contribution >= 4 is 11.8 Å². The number of rotatable bonds is 7. The van der Waals surface area contributed by atoms with E-state index >= 15 is 0 Å². The Labute approximate surface area is 87.2 Å². The minimum atomic E-state index is 0.330. The van der Waals surface area contributed by atoms with E-state index < -0.39 is 0 Å². The summed E-state index contributed by atoms with van der Waals surface area (Å²) in [6, 6.07) is 0.330. The van der Waals surface area contributed by atoms with E-state index in [9.17, 15) is 0 Å². The van der Waals surface area contributed by atoms with Crippen molar-refractivity contribution in [2.45, 2.75) is 26.3 Å². The molecule has 0 rings (SSSR count). The third kappa shape index (κ3) is 6.36. The summed E-state index contributed by atoms with van der Waals surface area (Å²) in [6.07, 6.45) is 3.32. The second-order valence-corrected chi connectivity index (χ2v) is 4.79. The molecule has 0 radical (unpaired) electrons. The van der Waals surface area contributed by atoms with E-state index in [1.54, 1.807) is 0 Å². The molecule has 0 aliphatic rings. The zero-order chi connectivity index (χ0) is 10.3. The first-order valence-electron chi connectivity index (χ1n) is 5.04. The third-order valence-corrected chi connectivity index (χ3v) is 3.17. The standard InChI is InChI=1S/C10H24N2S/c1-5-9(2)10(11)8-12(3)6-7-13-4/h9-10H,5-8,11H2,1-4H3. The molecule has 0 aliphatic carbocycles. The number of thioether (sulfide) groups is 1. The summed E-state index contributed by atoms with van der Waals surface area (Å²) in [6.45, 7) is 6.60. The molecule has 0 saturated carbocycles. The Morgan fingerprint density at radius 3 is 2.54 bits per heavy atom. The Morgan fingerprint density at radius 1 is 1.46 bits per heavy atom. The van der Waals surface area contributed by atoms with Crippen molar-refractivity contribution in [3.8, 4) is 0 Å². The van der Waals surface area contributed by atoms with Crippen molar-refractivity contribution in [1.82, 2.24) is 4.90 Å². The van der Waals surface area contributed by atoms with Crippen LogP contribution < -0.4 is 5.73 Å². The molecule has 0 aromatic heterocycles. The van der Waals surface area contributed by atoms with Gasteiger partial charge >= 0.3 is 0 Å². The Morgan fingerprint density at radius 2 is 2.08 bits per heavy atom. The van der Waals surface area contributed by atoms with Gasteiger partial charge in [-0.15, -0.1) is 0 Å². The highest BCUT2D eigenvalue weighted by molar-refractivity contribution is 7.98. The van der Waals surface area contributed by atoms with Crippen LogP contribution in [0.3, 0.4) is 0 Å². The van der Waals surface area contributed by atoms with Crippen molar-refractivity contribution in [3.63, 3.8) is 0 Å². The Kier molecular flexibility index (Phi) is 7.81. The molecule has 2 N–H and O–H groups in total. The zero-order valence-corrected chi connectivity index (χ0v) is 10.2. The number of hydrogen-bond donors (Lipinski definition) is 1. The lowest BCUT2D eigenvalue weighted by Gasteiger charge is -2.24. The molecule has 0 heterocycles. The fourth-order valence-electron chi connectivity index (χ4n) is 1.18. The largest absolute Gasteiger partial charge is 0.326 e. The molecule has 3 heteroatoms. The molecule has 2 atom stereocenters. The molecule has 0 bridgehead atoms. The fourth-order valence-corrected chi connectivity index (χ4v) is 1.68. The van der Waals surface area contributed by atoms with E-state index in [4.69, 9.17) is 5.73 Å². The summed E-state index contributed by atoms with van der Waals surface area (Å²) in [5.41, 5.74) is 6.05. The monoisotopic (exact) mass is 204 g/mol. The van der Waals surface area contributed by atoms with Crippen molar-refractivity contribution in [2.24, 2.45) is 11.7 Å². The first-order chi connectivity index (χ1) is 6.11. The third-order valence-electron chi connectivity index (χ3n) is 2.57. The molecule has 80 valence electrons. The van der Waals surface area contributed by atoms with Gasteiger partial charge in [0.15, 0.2) is 0 Å².